The van der Waals surface area contributed by atoms with Crippen LogP contribution in [0.4, 0.5) is 0 Å². The number of rotatable bonds is 2. The maximum absolute atomic E-state index is 5.94. The average molecular weight is 218 g/mol. The maximum atomic E-state index is 5.94. The highest BCUT2D eigenvalue weighted by atomic mass is 35.5. The Kier molecular flexibility index (Phi) is 2.93. The van der Waals surface area contributed by atoms with Gasteiger partial charge in [0.05, 0.1) is 7.11 Å². The number of hydrogen-bond donors (Lipinski definition) is 0. The zero-order valence-corrected chi connectivity index (χ0v) is 9.08. The summed E-state index contributed by atoms with van der Waals surface area (Å²) in [7, 11) is 1.64. The normalized spacial score (nSPS) is 10.0. The summed E-state index contributed by atoms with van der Waals surface area (Å²) < 4.78 is 5.24. The fourth-order valence-electron chi connectivity index (χ4n) is 1.47. The number of halogens is 1. The monoisotopic (exact) mass is 217 g/mol. The van der Waals surface area contributed by atoms with E-state index in [1.807, 2.05) is 42.5 Å². The van der Waals surface area contributed by atoms with Crippen LogP contribution in [0.2, 0.25) is 5.02 Å². The van der Waals surface area contributed by atoms with Gasteiger partial charge in [-0.1, -0.05) is 41.9 Å². The molecule has 0 spiro atoms. The molecule has 1 radical (unpaired) electrons. The smallest absolute Gasteiger partial charge is 0.134 e. The summed E-state index contributed by atoms with van der Waals surface area (Å²) in [6.07, 6.45) is 0. The highest BCUT2D eigenvalue weighted by Crippen LogP contribution is 2.30. The van der Waals surface area contributed by atoms with Crippen LogP contribution in [0.25, 0.3) is 11.1 Å². The van der Waals surface area contributed by atoms with Gasteiger partial charge >= 0.3 is 0 Å². The molecule has 0 saturated carbocycles. The summed E-state index contributed by atoms with van der Waals surface area (Å²) in [6, 6.07) is 16.5. The lowest BCUT2D eigenvalue weighted by molar-refractivity contribution is 0.415. The molecular weight excluding hydrogens is 208 g/mol. The number of methoxy groups -OCH3 is 1. The van der Waals surface area contributed by atoms with Crippen LogP contribution in [0, 0.1) is 6.07 Å². The Morgan fingerprint density at radius 3 is 2.80 bits per heavy atom. The van der Waals surface area contributed by atoms with Gasteiger partial charge in [0.1, 0.15) is 5.75 Å². The number of hydrogen-bond acceptors (Lipinski definition) is 1. The Bertz CT molecular complexity index is 466. The lowest BCUT2D eigenvalue weighted by atomic mass is 10.1. The van der Waals surface area contributed by atoms with Gasteiger partial charge in [-0.3, -0.25) is 0 Å². The molecule has 15 heavy (non-hydrogen) atoms. The predicted molar refractivity (Wildman–Crippen MR) is 62.3 cm³/mol. The zero-order valence-electron chi connectivity index (χ0n) is 8.33. The third-order valence-corrected chi connectivity index (χ3v) is 2.39. The van der Waals surface area contributed by atoms with Gasteiger partial charge < -0.3 is 4.74 Å². The van der Waals surface area contributed by atoms with Crippen LogP contribution < -0.4 is 4.74 Å². The minimum Gasteiger partial charge on any atom is -0.495 e. The molecule has 0 aliphatic rings. The summed E-state index contributed by atoms with van der Waals surface area (Å²) in [5, 5.41) is 0.721. The Morgan fingerprint density at radius 2 is 2.07 bits per heavy atom. The molecule has 0 aromatic heterocycles. The van der Waals surface area contributed by atoms with Crippen molar-refractivity contribution in [2.24, 2.45) is 0 Å². The second-order valence-electron chi connectivity index (χ2n) is 3.13. The number of ether oxygens (including phenoxy) is 1. The van der Waals surface area contributed by atoms with Crippen LogP contribution in [-0.2, 0) is 0 Å². The minimum atomic E-state index is 0.721. The van der Waals surface area contributed by atoms with E-state index in [4.69, 9.17) is 16.3 Å². The second kappa shape index (κ2) is 4.37. The summed E-state index contributed by atoms with van der Waals surface area (Å²) >= 11 is 5.94. The van der Waals surface area contributed by atoms with Crippen molar-refractivity contribution in [2.45, 2.75) is 0 Å². The molecule has 0 atom stereocenters. The van der Waals surface area contributed by atoms with Crippen molar-refractivity contribution in [1.82, 2.24) is 0 Å². The molecule has 0 bridgehead atoms. The van der Waals surface area contributed by atoms with Crippen molar-refractivity contribution in [1.29, 1.82) is 0 Å². The fraction of sp³-hybridized carbons (Fsp3) is 0.0769. The summed E-state index contributed by atoms with van der Waals surface area (Å²) in [4.78, 5) is 0. The molecule has 0 amide bonds. The Hall–Kier alpha value is -1.47. The molecule has 2 aromatic rings. The van der Waals surface area contributed by atoms with Crippen molar-refractivity contribution in [3.63, 3.8) is 0 Å². The van der Waals surface area contributed by atoms with Crippen molar-refractivity contribution in [2.75, 3.05) is 7.11 Å². The molecule has 0 heterocycles. The van der Waals surface area contributed by atoms with Crippen LogP contribution in [0.5, 0.6) is 5.75 Å². The van der Waals surface area contributed by atoms with Crippen molar-refractivity contribution in [3.8, 4) is 16.9 Å². The standard InChI is InChI=1S/C13H10ClO/c1-15-13-8-3-2-7-12(13)10-5-4-6-11(14)9-10/h2-7,9H,1H3. The first-order valence-corrected chi connectivity index (χ1v) is 4.99. The van der Waals surface area contributed by atoms with Gasteiger partial charge in [0.15, 0.2) is 0 Å². The summed E-state index contributed by atoms with van der Waals surface area (Å²) in [5.41, 5.74) is 2.04. The molecule has 2 heteroatoms. The maximum Gasteiger partial charge on any atom is 0.134 e. The van der Waals surface area contributed by atoms with Crippen molar-refractivity contribution in [3.05, 3.63) is 53.6 Å². The zero-order chi connectivity index (χ0) is 10.7. The van der Waals surface area contributed by atoms with E-state index in [9.17, 15) is 0 Å². The number of para-hydroxylation sites is 1. The molecule has 0 unspecified atom stereocenters. The first-order valence-electron chi connectivity index (χ1n) is 4.62. The lowest BCUT2D eigenvalue weighted by Gasteiger charge is -2.07. The quantitative estimate of drug-likeness (QED) is 0.743. The summed E-state index contributed by atoms with van der Waals surface area (Å²) in [5.74, 6) is 0.736. The van der Waals surface area contributed by atoms with E-state index >= 15 is 0 Å². The van der Waals surface area contributed by atoms with E-state index in [1.54, 1.807) is 7.11 Å². The minimum absolute atomic E-state index is 0.721. The molecular formula is C13H10ClO. The third-order valence-electron chi connectivity index (χ3n) is 2.16. The second-order valence-corrected chi connectivity index (χ2v) is 3.56. The first kappa shape index (κ1) is 10.1. The fourth-order valence-corrected chi connectivity index (χ4v) is 1.66. The molecule has 0 fully saturated rings. The van der Waals surface area contributed by atoms with E-state index in [-0.39, 0.29) is 0 Å². The highest BCUT2D eigenvalue weighted by molar-refractivity contribution is 6.30. The molecule has 2 rings (SSSR count). The van der Waals surface area contributed by atoms with Crippen LogP contribution in [0.3, 0.4) is 0 Å². The van der Waals surface area contributed by atoms with Crippen LogP contribution >= 0.6 is 11.6 Å². The van der Waals surface area contributed by atoms with E-state index in [0.717, 1.165) is 21.9 Å². The van der Waals surface area contributed by atoms with Gasteiger partial charge in [-0.05, 0) is 17.7 Å². The van der Waals surface area contributed by atoms with Crippen LogP contribution in [0.1, 0.15) is 0 Å². The SMILES string of the molecule is COc1[c]cccc1-c1cccc(Cl)c1. The Balaban J connectivity index is 2.53. The van der Waals surface area contributed by atoms with Gasteiger partial charge in [0.2, 0.25) is 0 Å². The largest absolute Gasteiger partial charge is 0.495 e. The molecule has 0 N–H and O–H groups in total. The van der Waals surface area contributed by atoms with Gasteiger partial charge in [0.25, 0.3) is 0 Å². The predicted octanol–water partition coefficient (Wildman–Crippen LogP) is 3.82. The molecule has 0 aliphatic carbocycles. The molecule has 75 valence electrons. The van der Waals surface area contributed by atoms with Gasteiger partial charge in [-0.15, -0.1) is 0 Å². The topological polar surface area (TPSA) is 9.23 Å². The van der Waals surface area contributed by atoms with E-state index in [0.29, 0.717) is 0 Å². The summed E-state index contributed by atoms with van der Waals surface area (Å²) in [6.45, 7) is 0. The highest BCUT2D eigenvalue weighted by Gasteiger charge is 2.04. The van der Waals surface area contributed by atoms with Crippen molar-refractivity contribution < 1.29 is 4.74 Å². The van der Waals surface area contributed by atoms with Gasteiger partial charge in [0, 0.05) is 16.7 Å². The molecule has 1 nitrogen and oxygen atoms in total. The van der Waals surface area contributed by atoms with E-state index < -0.39 is 0 Å². The number of benzene rings is 2. The average Bonchev–Trinajstić information content (AvgIpc) is 2.29. The molecule has 0 saturated heterocycles. The third kappa shape index (κ3) is 2.13. The van der Waals surface area contributed by atoms with Crippen molar-refractivity contribution >= 4 is 11.6 Å². The molecule has 0 aliphatic heterocycles. The van der Waals surface area contributed by atoms with Gasteiger partial charge in [-0.25, -0.2) is 0 Å². The molecule has 2 aromatic carbocycles. The Labute approximate surface area is 94.3 Å². The van der Waals surface area contributed by atoms with Crippen LogP contribution in [-0.4, -0.2) is 7.11 Å². The van der Waals surface area contributed by atoms with E-state index in [2.05, 4.69) is 6.07 Å². The van der Waals surface area contributed by atoms with Crippen LogP contribution in [0.15, 0.2) is 42.5 Å². The van der Waals surface area contributed by atoms with E-state index in [1.165, 1.54) is 0 Å². The Morgan fingerprint density at radius 1 is 1.20 bits per heavy atom. The first-order chi connectivity index (χ1) is 7.31. The van der Waals surface area contributed by atoms with Gasteiger partial charge in [-0.2, -0.15) is 0 Å². The lowest BCUT2D eigenvalue weighted by Crippen LogP contribution is -1.87.